The predicted molar refractivity (Wildman–Crippen MR) is 63.4 cm³/mol. The van der Waals surface area contributed by atoms with Crippen LogP contribution in [0.25, 0.3) is 0 Å². The molecule has 1 amide bonds. The van der Waals surface area contributed by atoms with E-state index in [1.807, 2.05) is 31.2 Å². The monoisotopic (exact) mass is 222 g/mol. The van der Waals surface area contributed by atoms with E-state index in [-0.39, 0.29) is 12.5 Å². The van der Waals surface area contributed by atoms with Gasteiger partial charge in [-0.2, -0.15) is 0 Å². The van der Waals surface area contributed by atoms with Crippen molar-refractivity contribution in [2.45, 2.75) is 6.92 Å². The summed E-state index contributed by atoms with van der Waals surface area (Å²) in [5, 5.41) is 0. The van der Waals surface area contributed by atoms with Crippen LogP contribution in [0.2, 0.25) is 0 Å². The normalized spacial score (nSPS) is 9.94. The lowest BCUT2D eigenvalue weighted by atomic mass is 10.2. The quantitative estimate of drug-likeness (QED) is 0.801. The number of hydrogen-bond donors (Lipinski definition) is 1. The first kappa shape index (κ1) is 12.5. The summed E-state index contributed by atoms with van der Waals surface area (Å²) in [4.78, 5) is 12.7. The number of hydrogen-bond acceptors (Lipinski definition) is 3. The molecular formula is C12H18N2O2. The molecule has 1 rings (SSSR count). The van der Waals surface area contributed by atoms with Crippen molar-refractivity contribution in [2.24, 2.45) is 5.73 Å². The molecule has 0 atom stereocenters. The minimum absolute atomic E-state index is 0.0425. The van der Waals surface area contributed by atoms with E-state index in [2.05, 4.69) is 0 Å². The highest BCUT2D eigenvalue weighted by atomic mass is 16.5. The van der Waals surface area contributed by atoms with E-state index in [0.717, 1.165) is 11.3 Å². The SMILES string of the molecule is Cc1ccccc1OCCN(C)C(=O)CN. The number of para-hydroxylation sites is 1. The number of benzene rings is 1. The van der Waals surface area contributed by atoms with Gasteiger partial charge in [-0.15, -0.1) is 0 Å². The van der Waals surface area contributed by atoms with Crippen LogP contribution in [-0.4, -0.2) is 37.6 Å². The van der Waals surface area contributed by atoms with Crippen molar-refractivity contribution in [3.63, 3.8) is 0 Å². The van der Waals surface area contributed by atoms with Gasteiger partial charge in [0.15, 0.2) is 0 Å². The maximum absolute atomic E-state index is 11.2. The fourth-order valence-electron chi connectivity index (χ4n) is 1.29. The molecule has 0 unspecified atom stereocenters. The Balaban J connectivity index is 2.36. The number of nitrogens with zero attached hydrogens (tertiary/aromatic N) is 1. The maximum Gasteiger partial charge on any atom is 0.236 e. The largest absolute Gasteiger partial charge is 0.491 e. The van der Waals surface area contributed by atoms with Crippen LogP contribution in [0, 0.1) is 6.92 Å². The summed E-state index contributed by atoms with van der Waals surface area (Å²) in [7, 11) is 1.72. The Morgan fingerprint density at radius 3 is 2.75 bits per heavy atom. The molecule has 0 radical (unpaired) electrons. The first-order valence-electron chi connectivity index (χ1n) is 5.27. The zero-order valence-electron chi connectivity index (χ0n) is 9.77. The van der Waals surface area contributed by atoms with Crippen LogP contribution in [0.4, 0.5) is 0 Å². The molecule has 0 spiro atoms. The molecule has 1 aromatic carbocycles. The molecule has 0 saturated carbocycles. The third-order valence-electron chi connectivity index (χ3n) is 2.38. The molecule has 0 saturated heterocycles. The van der Waals surface area contributed by atoms with Crippen molar-refractivity contribution in [1.29, 1.82) is 0 Å². The molecule has 0 aliphatic heterocycles. The second kappa shape index (κ2) is 6.12. The number of carbonyl (C=O) groups excluding carboxylic acids is 1. The zero-order chi connectivity index (χ0) is 12.0. The van der Waals surface area contributed by atoms with Crippen molar-refractivity contribution in [2.75, 3.05) is 26.7 Å². The summed E-state index contributed by atoms with van der Waals surface area (Å²) in [6.07, 6.45) is 0. The van der Waals surface area contributed by atoms with E-state index in [9.17, 15) is 4.79 Å². The standard InChI is InChI=1S/C12H18N2O2/c1-10-5-3-4-6-11(10)16-8-7-14(2)12(15)9-13/h3-6H,7-9,13H2,1-2H3. The summed E-state index contributed by atoms with van der Waals surface area (Å²) in [5.74, 6) is 0.782. The molecule has 1 aromatic rings. The van der Waals surface area contributed by atoms with Gasteiger partial charge in [-0.05, 0) is 18.6 Å². The number of rotatable bonds is 5. The van der Waals surface area contributed by atoms with Crippen LogP contribution >= 0.6 is 0 Å². The van der Waals surface area contributed by atoms with Crippen LogP contribution in [-0.2, 0) is 4.79 Å². The van der Waals surface area contributed by atoms with Crippen molar-refractivity contribution < 1.29 is 9.53 Å². The third-order valence-corrected chi connectivity index (χ3v) is 2.38. The van der Waals surface area contributed by atoms with Crippen molar-refractivity contribution in [1.82, 2.24) is 4.90 Å². The number of aryl methyl sites for hydroxylation is 1. The van der Waals surface area contributed by atoms with E-state index < -0.39 is 0 Å². The van der Waals surface area contributed by atoms with Crippen LogP contribution in [0.1, 0.15) is 5.56 Å². The summed E-state index contributed by atoms with van der Waals surface area (Å²) >= 11 is 0. The van der Waals surface area contributed by atoms with Gasteiger partial charge in [-0.25, -0.2) is 0 Å². The van der Waals surface area contributed by atoms with E-state index in [4.69, 9.17) is 10.5 Å². The highest BCUT2D eigenvalue weighted by Crippen LogP contribution is 2.15. The highest BCUT2D eigenvalue weighted by molar-refractivity contribution is 5.77. The topological polar surface area (TPSA) is 55.6 Å². The predicted octanol–water partition coefficient (Wildman–Crippen LogP) is 0.791. The molecule has 2 N–H and O–H groups in total. The molecule has 0 aliphatic rings. The third kappa shape index (κ3) is 3.55. The van der Waals surface area contributed by atoms with Crippen LogP contribution in [0.3, 0.4) is 0 Å². The van der Waals surface area contributed by atoms with E-state index in [1.165, 1.54) is 0 Å². The molecule has 88 valence electrons. The van der Waals surface area contributed by atoms with Crippen LogP contribution < -0.4 is 10.5 Å². The lowest BCUT2D eigenvalue weighted by Gasteiger charge is -2.16. The van der Waals surface area contributed by atoms with Crippen molar-refractivity contribution >= 4 is 5.91 Å². The summed E-state index contributed by atoms with van der Waals surface area (Å²) < 4.78 is 5.57. The van der Waals surface area contributed by atoms with Gasteiger partial charge < -0.3 is 15.4 Å². The Morgan fingerprint density at radius 2 is 2.12 bits per heavy atom. The minimum Gasteiger partial charge on any atom is -0.491 e. The Kier molecular flexibility index (Phi) is 4.79. The van der Waals surface area contributed by atoms with Gasteiger partial charge >= 0.3 is 0 Å². The second-order valence-electron chi connectivity index (χ2n) is 3.63. The average Bonchev–Trinajstić information content (AvgIpc) is 2.30. The molecule has 0 aromatic heterocycles. The van der Waals surface area contributed by atoms with Crippen molar-refractivity contribution in [3.05, 3.63) is 29.8 Å². The fourth-order valence-corrected chi connectivity index (χ4v) is 1.29. The molecule has 4 heteroatoms. The second-order valence-corrected chi connectivity index (χ2v) is 3.63. The zero-order valence-corrected chi connectivity index (χ0v) is 9.77. The Labute approximate surface area is 96.0 Å². The maximum atomic E-state index is 11.2. The molecule has 0 heterocycles. The molecule has 0 aliphatic carbocycles. The minimum atomic E-state index is -0.0756. The van der Waals surface area contributed by atoms with Crippen LogP contribution in [0.5, 0.6) is 5.75 Å². The number of ether oxygens (including phenoxy) is 1. The molecule has 16 heavy (non-hydrogen) atoms. The summed E-state index contributed by atoms with van der Waals surface area (Å²) in [6, 6.07) is 7.80. The number of likely N-dealkylation sites (N-methyl/N-ethyl adjacent to an activating group) is 1. The number of carbonyl (C=O) groups is 1. The summed E-state index contributed by atoms with van der Waals surface area (Å²) in [6.45, 7) is 3.06. The van der Waals surface area contributed by atoms with Gasteiger partial charge in [0.2, 0.25) is 5.91 Å². The Bertz CT molecular complexity index is 353. The number of nitrogens with two attached hydrogens (primary N) is 1. The molecular weight excluding hydrogens is 204 g/mol. The smallest absolute Gasteiger partial charge is 0.236 e. The fraction of sp³-hybridized carbons (Fsp3) is 0.417. The first-order valence-corrected chi connectivity index (χ1v) is 5.27. The van der Waals surface area contributed by atoms with E-state index in [1.54, 1.807) is 11.9 Å². The first-order chi connectivity index (χ1) is 7.65. The van der Waals surface area contributed by atoms with Gasteiger partial charge in [0.05, 0.1) is 13.1 Å². The van der Waals surface area contributed by atoms with Crippen molar-refractivity contribution in [3.8, 4) is 5.75 Å². The van der Waals surface area contributed by atoms with E-state index >= 15 is 0 Å². The number of amides is 1. The van der Waals surface area contributed by atoms with Gasteiger partial charge in [0, 0.05) is 7.05 Å². The van der Waals surface area contributed by atoms with Crippen LogP contribution in [0.15, 0.2) is 24.3 Å². The molecule has 0 fully saturated rings. The van der Waals surface area contributed by atoms with Gasteiger partial charge in [0.25, 0.3) is 0 Å². The molecule has 0 bridgehead atoms. The highest BCUT2D eigenvalue weighted by Gasteiger charge is 2.05. The van der Waals surface area contributed by atoms with Gasteiger partial charge in [-0.3, -0.25) is 4.79 Å². The lowest BCUT2D eigenvalue weighted by molar-refractivity contribution is -0.128. The Hall–Kier alpha value is -1.55. The summed E-state index contributed by atoms with van der Waals surface area (Å²) in [5.41, 5.74) is 6.34. The lowest BCUT2D eigenvalue weighted by Crippen LogP contribution is -2.35. The van der Waals surface area contributed by atoms with E-state index in [0.29, 0.717) is 13.2 Å². The molecule has 4 nitrogen and oxygen atoms in total. The van der Waals surface area contributed by atoms with Gasteiger partial charge in [0.1, 0.15) is 12.4 Å². The Morgan fingerprint density at radius 1 is 1.44 bits per heavy atom. The van der Waals surface area contributed by atoms with Gasteiger partial charge in [-0.1, -0.05) is 18.2 Å². The average molecular weight is 222 g/mol.